The van der Waals surface area contributed by atoms with Gasteiger partial charge in [0.25, 0.3) is 5.91 Å². The van der Waals surface area contributed by atoms with Crippen LogP contribution in [0.5, 0.6) is 17.2 Å². The molecule has 1 amide bonds. The number of aromatic nitrogens is 3. The fourth-order valence-electron chi connectivity index (χ4n) is 3.47. The van der Waals surface area contributed by atoms with Gasteiger partial charge in [-0.1, -0.05) is 13.8 Å². The molecule has 0 fully saturated rings. The Labute approximate surface area is 198 Å². The highest BCUT2D eigenvalue weighted by Crippen LogP contribution is 2.35. The van der Waals surface area contributed by atoms with Gasteiger partial charge < -0.3 is 24.6 Å². The van der Waals surface area contributed by atoms with Crippen LogP contribution in [0.3, 0.4) is 0 Å². The molecule has 186 valence electrons. The van der Waals surface area contributed by atoms with Crippen LogP contribution >= 0.6 is 0 Å². The standard InChI is InChI=1S/C23H23F3N4O5/c1-13(2)21-17(10-29-30(21)20-6-3-14(8-27-20)23(24,25)26)22(32)28-9-15(31)11-33-16-4-5-18-19(7-16)35-12-34-18/h3-8,10,13,15,31H,9,11-12H2,1-2H3,(H,28,32). The number of halogens is 3. The number of hydrogen-bond acceptors (Lipinski definition) is 7. The van der Waals surface area contributed by atoms with Crippen molar-refractivity contribution in [3.05, 3.63) is 59.5 Å². The van der Waals surface area contributed by atoms with Crippen molar-refractivity contribution in [2.75, 3.05) is 19.9 Å². The van der Waals surface area contributed by atoms with Crippen LogP contribution in [-0.4, -0.2) is 51.8 Å². The summed E-state index contributed by atoms with van der Waals surface area (Å²) in [5.74, 6) is 1.10. The third-order valence-electron chi connectivity index (χ3n) is 5.17. The number of pyridine rings is 1. The van der Waals surface area contributed by atoms with Crippen LogP contribution < -0.4 is 19.5 Å². The highest BCUT2D eigenvalue weighted by atomic mass is 19.4. The molecule has 0 bridgehead atoms. The number of alkyl halides is 3. The first-order valence-electron chi connectivity index (χ1n) is 10.7. The van der Waals surface area contributed by atoms with E-state index in [-0.39, 0.29) is 37.2 Å². The minimum Gasteiger partial charge on any atom is -0.491 e. The van der Waals surface area contributed by atoms with Gasteiger partial charge in [-0.15, -0.1) is 0 Å². The maximum atomic E-state index is 12.8. The van der Waals surface area contributed by atoms with E-state index in [1.54, 1.807) is 18.2 Å². The maximum Gasteiger partial charge on any atom is 0.417 e. The summed E-state index contributed by atoms with van der Waals surface area (Å²) in [7, 11) is 0. The normalized spacial score (nSPS) is 13.7. The molecule has 0 saturated carbocycles. The molecule has 0 saturated heterocycles. The lowest BCUT2D eigenvalue weighted by molar-refractivity contribution is -0.137. The third-order valence-corrected chi connectivity index (χ3v) is 5.17. The first-order chi connectivity index (χ1) is 16.6. The second kappa shape index (κ2) is 9.82. The molecule has 3 heterocycles. The second-order valence-electron chi connectivity index (χ2n) is 8.10. The lowest BCUT2D eigenvalue weighted by Gasteiger charge is -2.15. The van der Waals surface area contributed by atoms with Gasteiger partial charge in [0, 0.05) is 18.8 Å². The summed E-state index contributed by atoms with van der Waals surface area (Å²) in [6.45, 7) is 3.61. The van der Waals surface area contributed by atoms with Crippen molar-refractivity contribution < 1.29 is 37.3 Å². The van der Waals surface area contributed by atoms with Crippen molar-refractivity contribution in [3.63, 3.8) is 0 Å². The number of nitrogens with zero attached hydrogens (tertiary/aromatic N) is 3. The summed E-state index contributed by atoms with van der Waals surface area (Å²) in [6.07, 6.45) is -3.47. The number of rotatable bonds is 8. The molecule has 3 aromatic rings. The molecule has 1 aliphatic rings. The zero-order valence-electron chi connectivity index (χ0n) is 18.9. The molecule has 2 aromatic heterocycles. The number of aliphatic hydroxyl groups is 1. The summed E-state index contributed by atoms with van der Waals surface area (Å²) in [4.78, 5) is 16.6. The number of ether oxygens (including phenoxy) is 3. The third kappa shape index (κ3) is 5.48. The SMILES string of the molecule is CC(C)c1c(C(=O)NCC(O)COc2ccc3c(c2)OCO3)cnn1-c1ccc(C(F)(F)F)cn1. The van der Waals surface area contributed by atoms with Gasteiger partial charge in [-0.25, -0.2) is 9.67 Å². The maximum absolute atomic E-state index is 12.8. The highest BCUT2D eigenvalue weighted by Gasteiger charge is 2.31. The van der Waals surface area contributed by atoms with Gasteiger partial charge in [-0.3, -0.25) is 4.79 Å². The Balaban J connectivity index is 1.38. The summed E-state index contributed by atoms with van der Waals surface area (Å²) >= 11 is 0. The fraction of sp³-hybridized carbons (Fsp3) is 0.348. The molecule has 12 heteroatoms. The predicted octanol–water partition coefficient (Wildman–Crippen LogP) is 3.31. The summed E-state index contributed by atoms with van der Waals surface area (Å²) in [5.41, 5.74) is -0.180. The van der Waals surface area contributed by atoms with Crippen molar-refractivity contribution in [2.45, 2.75) is 32.0 Å². The molecule has 1 aliphatic heterocycles. The van der Waals surface area contributed by atoms with Gasteiger partial charge in [0.05, 0.1) is 23.0 Å². The zero-order chi connectivity index (χ0) is 25.2. The van der Waals surface area contributed by atoms with Gasteiger partial charge in [0.1, 0.15) is 18.5 Å². The molecule has 1 unspecified atom stereocenters. The van der Waals surface area contributed by atoms with Crippen LogP contribution in [-0.2, 0) is 6.18 Å². The number of amides is 1. The molecule has 1 aromatic carbocycles. The fourth-order valence-corrected chi connectivity index (χ4v) is 3.47. The molecule has 0 radical (unpaired) electrons. The molecule has 4 rings (SSSR count). The first kappa shape index (κ1) is 24.3. The van der Waals surface area contributed by atoms with Crippen molar-refractivity contribution in [1.82, 2.24) is 20.1 Å². The van der Waals surface area contributed by atoms with Crippen molar-refractivity contribution >= 4 is 5.91 Å². The molecule has 1 atom stereocenters. The van der Waals surface area contributed by atoms with Crippen molar-refractivity contribution in [2.24, 2.45) is 0 Å². The molecule has 0 spiro atoms. The van der Waals surface area contributed by atoms with Gasteiger partial charge in [0.15, 0.2) is 17.3 Å². The van der Waals surface area contributed by atoms with E-state index in [1.807, 2.05) is 13.8 Å². The van der Waals surface area contributed by atoms with Gasteiger partial charge in [-0.05, 0) is 30.2 Å². The average molecular weight is 492 g/mol. The Morgan fingerprint density at radius 3 is 2.66 bits per heavy atom. The van der Waals surface area contributed by atoms with Gasteiger partial charge >= 0.3 is 6.18 Å². The Morgan fingerprint density at radius 2 is 1.97 bits per heavy atom. The molecule has 2 N–H and O–H groups in total. The zero-order valence-corrected chi connectivity index (χ0v) is 18.9. The van der Waals surface area contributed by atoms with E-state index in [0.29, 0.717) is 22.9 Å². The Bertz CT molecular complexity index is 1190. The number of aliphatic hydroxyl groups excluding tert-OH is 1. The number of fused-ring (bicyclic) bond motifs is 1. The highest BCUT2D eigenvalue weighted by molar-refractivity contribution is 5.95. The minimum atomic E-state index is -4.51. The van der Waals surface area contributed by atoms with E-state index in [9.17, 15) is 23.1 Å². The van der Waals surface area contributed by atoms with Gasteiger partial charge in [0.2, 0.25) is 6.79 Å². The second-order valence-corrected chi connectivity index (χ2v) is 8.10. The van der Waals surface area contributed by atoms with Crippen LogP contribution in [0.4, 0.5) is 13.2 Å². The van der Waals surface area contributed by atoms with E-state index in [1.165, 1.54) is 16.9 Å². The molecular formula is C23H23F3N4O5. The van der Waals surface area contributed by atoms with Crippen LogP contribution in [0.15, 0.2) is 42.7 Å². The van der Waals surface area contributed by atoms with Crippen LogP contribution in [0, 0.1) is 0 Å². The lowest BCUT2D eigenvalue weighted by atomic mass is 10.1. The largest absolute Gasteiger partial charge is 0.491 e. The monoisotopic (exact) mass is 492 g/mol. The first-order valence-corrected chi connectivity index (χ1v) is 10.7. The molecule has 35 heavy (non-hydrogen) atoms. The van der Waals surface area contributed by atoms with Gasteiger partial charge in [-0.2, -0.15) is 18.3 Å². The van der Waals surface area contributed by atoms with E-state index < -0.39 is 23.8 Å². The summed E-state index contributed by atoms with van der Waals surface area (Å²) in [5, 5.41) is 17.0. The predicted molar refractivity (Wildman–Crippen MR) is 117 cm³/mol. The number of carbonyl (C=O) groups is 1. The summed E-state index contributed by atoms with van der Waals surface area (Å²) in [6, 6.07) is 7.12. The Kier molecular flexibility index (Phi) is 6.83. The topological polar surface area (TPSA) is 108 Å². The van der Waals surface area contributed by atoms with Crippen LogP contribution in [0.1, 0.15) is 41.4 Å². The molecular weight excluding hydrogens is 469 g/mol. The van der Waals surface area contributed by atoms with Crippen LogP contribution in [0.2, 0.25) is 0 Å². The quantitative estimate of drug-likeness (QED) is 0.497. The number of benzene rings is 1. The van der Waals surface area contributed by atoms with Crippen molar-refractivity contribution in [1.29, 1.82) is 0 Å². The lowest BCUT2D eigenvalue weighted by Crippen LogP contribution is -2.35. The molecule has 9 nitrogen and oxygen atoms in total. The van der Waals surface area contributed by atoms with Crippen LogP contribution in [0.25, 0.3) is 5.82 Å². The van der Waals surface area contributed by atoms with E-state index >= 15 is 0 Å². The summed E-state index contributed by atoms with van der Waals surface area (Å²) < 4.78 is 55.9. The van der Waals surface area contributed by atoms with E-state index in [4.69, 9.17) is 14.2 Å². The van der Waals surface area contributed by atoms with E-state index in [2.05, 4.69) is 15.4 Å². The number of carbonyl (C=O) groups excluding carboxylic acids is 1. The minimum absolute atomic E-state index is 0.0777. The van der Waals surface area contributed by atoms with Crippen molar-refractivity contribution in [3.8, 4) is 23.1 Å². The number of hydrogen-bond donors (Lipinski definition) is 2. The Hall–Kier alpha value is -3.80. The Morgan fingerprint density at radius 1 is 1.20 bits per heavy atom. The number of nitrogens with one attached hydrogen (secondary N) is 1. The molecule has 0 aliphatic carbocycles. The average Bonchev–Trinajstić information content (AvgIpc) is 3.47. The van der Waals surface area contributed by atoms with E-state index in [0.717, 1.165) is 12.3 Å². The smallest absolute Gasteiger partial charge is 0.417 e.